The van der Waals surface area contributed by atoms with E-state index in [4.69, 9.17) is 16.3 Å². The highest BCUT2D eigenvalue weighted by Crippen LogP contribution is 2.27. The number of aryl methyl sites for hydroxylation is 2. The zero-order valence-corrected chi connectivity index (χ0v) is 13.1. The Morgan fingerprint density at radius 1 is 1.14 bits per heavy atom. The zero-order chi connectivity index (χ0) is 15.4. The number of carbonyl (C=O) groups excluding carboxylic acids is 1. The SMILES string of the molecule is COc1ccc(Cl)cc1NC(=O)Cc1ccc(C)c(C)c1. The molecule has 0 radical (unpaired) electrons. The van der Waals surface area contributed by atoms with Crippen LogP contribution in [0.2, 0.25) is 5.02 Å². The molecule has 110 valence electrons. The van der Waals surface area contributed by atoms with Gasteiger partial charge in [0.15, 0.2) is 0 Å². The fourth-order valence-corrected chi connectivity index (χ4v) is 2.24. The molecule has 3 nitrogen and oxygen atoms in total. The van der Waals surface area contributed by atoms with Gasteiger partial charge in [-0.15, -0.1) is 0 Å². The molecule has 0 unspecified atom stereocenters. The van der Waals surface area contributed by atoms with Crippen molar-refractivity contribution < 1.29 is 9.53 Å². The molecule has 0 aliphatic heterocycles. The van der Waals surface area contributed by atoms with E-state index in [-0.39, 0.29) is 5.91 Å². The molecule has 21 heavy (non-hydrogen) atoms. The number of rotatable bonds is 4. The highest BCUT2D eigenvalue weighted by Gasteiger charge is 2.09. The molecule has 1 N–H and O–H groups in total. The summed E-state index contributed by atoms with van der Waals surface area (Å²) in [5.41, 5.74) is 3.96. The molecule has 0 aliphatic carbocycles. The van der Waals surface area contributed by atoms with Crippen molar-refractivity contribution in [2.24, 2.45) is 0 Å². The fourth-order valence-electron chi connectivity index (χ4n) is 2.07. The van der Waals surface area contributed by atoms with Gasteiger partial charge < -0.3 is 10.1 Å². The summed E-state index contributed by atoms with van der Waals surface area (Å²) in [7, 11) is 1.56. The number of hydrogen-bond donors (Lipinski definition) is 1. The summed E-state index contributed by atoms with van der Waals surface area (Å²) in [6.45, 7) is 4.09. The molecule has 0 spiro atoms. The minimum absolute atomic E-state index is 0.0983. The van der Waals surface area contributed by atoms with Crippen molar-refractivity contribution in [3.8, 4) is 5.75 Å². The van der Waals surface area contributed by atoms with Crippen LogP contribution in [0.4, 0.5) is 5.69 Å². The Kier molecular flexibility index (Phi) is 4.86. The lowest BCUT2D eigenvalue weighted by Gasteiger charge is -2.11. The molecule has 0 atom stereocenters. The Morgan fingerprint density at radius 3 is 2.57 bits per heavy atom. The molecule has 2 aromatic rings. The van der Waals surface area contributed by atoms with E-state index in [9.17, 15) is 4.79 Å². The number of nitrogens with one attached hydrogen (secondary N) is 1. The summed E-state index contributed by atoms with van der Waals surface area (Å²) >= 11 is 5.95. The molecule has 1 amide bonds. The highest BCUT2D eigenvalue weighted by atomic mass is 35.5. The minimum Gasteiger partial charge on any atom is -0.495 e. The number of benzene rings is 2. The second kappa shape index (κ2) is 6.64. The molecule has 2 aromatic carbocycles. The van der Waals surface area contributed by atoms with Crippen LogP contribution < -0.4 is 10.1 Å². The van der Waals surface area contributed by atoms with Crippen LogP contribution in [-0.2, 0) is 11.2 Å². The van der Waals surface area contributed by atoms with Crippen molar-refractivity contribution in [1.29, 1.82) is 0 Å². The first kappa shape index (κ1) is 15.4. The molecular weight excluding hydrogens is 286 g/mol. The first-order chi connectivity index (χ1) is 9.99. The van der Waals surface area contributed by atoms with Gasteiger partial charge in [0.2, 0.25) is 5.91 Å². The van der Waals surface area contributed by atoms with E-state index in [0.717, 1.165) is 5.56 Å². The van der Waals surface area contributed by atoms with Crippen LogP contribution in [-0.4, -0.2) is 13.0 Å². The molecule has 0 saturated heterocycles. The number of hydrogen-bond acceptors (Lipinski definition) is 2. The molecule has 2 rings (SSSR count). The molecule has 0 aromatic heterocycles. The average molecular weight is 304 g/mol. The number of methoxy groups -OCH3 is 1. The van der Waals surface area contributed by atoms with E-state index in [1.54, 1.807) is 25.3 Å². The first-order valence-corrected chi connectivity index (χ1v) is 7.07. The van der Waals surface area contributed by atoms with Crippen molar-refractivity contribution in [2.45, 2.75) is 20.3 Å². The van der Waals surface area contributed by atoms with Crippen molar-refractivity contribution in [1.82, 2.24) is 0 Å². The summed E-state index contributed by atoms with van der Waals surface area (Å²) in [6, 6.07) is 11.2. The Balaban J connectivity index is 2.11. The molecule has 0 saturated carbocycles. The van der Waals surface area contributed by atoms with E-state index in [1.165, 1.54) is 11.1 Å². The van der Waals surface area contributed by atoms with E-state index in [0.29, 0.717) is 22.9 Å². The fraction of sp³-hybridized carbons (Fsp3) is 0.235. The van der Waals surface area contributed by atoms with Crippen molar-refractivity contribution in [2.75, 3.05) is 12.4 Å². The van der Waals surface area contributed by atoms with Gasteiger partial charge in [-0.25, -0.2) is 0 Å². The standard InChI is InChI=1S/C17H18ClNO2/c1-11-4-5-13(8-12(11)2)9-17(20)19-15-10-14(18)6-7-16(15)21-3/h4-8,10H,9H2,1-3H3,(H,19,20). The number of carbonyl (C=O) groups is 1. The molecule has 0 fully saturated rings. The van der Waals surface area contributed by atoms with Gasteiger partial charge in [-0.05, 0) is 48.7 Å². The van der Waals surface area contributed by atoms with Gasteiger partial charge in [-0.1, -0.05) is 29.8 Å². The maximum absolute atomic E-state index is 12.1. The van der Waals surface area contributed by atoms with E-state index >= 15 is 0 Å². The number of amides is 1. The molecular formula is C17H18ClNO2. The summed E-state index contributed by atoms with van der Waals surface area (Å²) in [5, 5.41) is 3.39. The van der Waals surface area contributed by atoms with Crippen LogP contribution >= 0.6 is 11.6 Å². The van der Waals surface area contributed by atoms with Gasteiger partial charge >= 0.3 is 0 Å². The Hall–Kier alpha value is -2.00. The van der Waals surface area contributed by atoms with Crippen LogP contribution in [0.3, 0.4) is 0 Å². The number of halogens is 1. The third kappa shape index (κ3) is 3.99. The number of anilines is 1. The molecule has 0 aliphatic rings. The lowest BCUT2D eigenvalue weighted by Crippen LogP contribution is -2.15. The van der Waals surface area contributed by atoms with Crippen LogP contribution in [0.5, 0.6) is 5.75 Å². The predicted octanol–water partition coefficient (Wildman–Crippen LogP) is 4.15. The van der Waals surface area contributed by atoms with Crippen LogP contribution in [0.15, 0.2) is 36.4 Å². The van der Waals surface area contributed by atoms with Gasteiger partial charge in [-0.3, -0.25) is 4.79 Å². The number of ether oxygens (including phenoxy) is 1. The second-order valence-electron chi connectivity index (χ2n) is 4.99. The van der Waals surface area contributed by atoms with E-state index < -0.39 is 0 Å². The Bertz CT molecular complexity index is 668. The smallest absolute Gasteiger partial charge is 0.228 e. The molecule has 4 heteroatoms. The molecule has 0 bridgehead atoms. The first-order valence-electron chi connectivity index (χ1n) is 6.69. The van der Waals surface area contributed by atoms with Crippen LogP contribution in [0.25, 0.3) is 0 Å². The van der Waals surface area contributed by atoms with Gasteiger partial charge in [-0.2, -0.15) is 0 Å². The second-order valence-corrected chi connectivity index (χ2v) is 5.42. The van der Waals surface area contributed by atoms with Crippen molar-refractivity contribution in [3.63, 3.8) is 0 Å². The van der Waals surface area contributed by atoms with Crippen LogP contribution in [0.1, 0.15) is 16.7 Å². The maximum Gasteiger partial charge on any atom is 0.228 e. The van der Waals surface area contributed by atoms with E-state index in [2.05, 4.69) is 12.2 Å². The highest BCUT2D eigenvalue weighted by molar-refractivity contribution is 6.31. The zero-order valence-electron chi connectivity index (χ0n) is 12.4. The third-order valence-electron chi connectivity index (χ3n) is 3.37. The lowest BCUT2D eigenvalue weighted by atomic mass is 10.0. The summed E-state index contributed by atoms with van der Waals surface area (Å²) < 4.78 is 5.21. The quantitative estimate of drug-likeness (QED) is 0.921. The van der Waals surface area contributed by atoms with Gasteiger partial charge in [0, 0.05) is 5.02 Å². The monoisotopic (exact) mass is 303 g/mol. The Labute approximate surface area is 129 Å². The minimum atomic E-state index is -0.0983. The summed E-state index contributed by atoms with van der Waals surface area (Å²) in [5.74, 6) is 0.492. The topological polar surface area (TPSA) is 38.3 Å². The normalized spacial score (nSPS) is 10.3. The van der Waals surface area contributed by atoms with Gasteiger partial charge in [0.25, 0.3) is 0 Å². The van der Waals surface area contributed by atoms with Gasteiger partial charge in [0.1, 0.15) is 5.75 Å². The Morgan fingerprint density at radius 2 is 1.90 bits per heavy atom. The van der Waals surface area contributed by atoms with E-state index in [1.807, 2.05) is 25.1 Å². The maximum atomic E-state index is 12.1. The molecule has 0 heterocycles. The summed E-state index contributed by atoms with van der Waals surface area (Å²) in [6.07, 6.45) is 0.316. The predicted molar refractivity (Wildman–Crippen MR) is 86.3 cm³/mol. The summed E-state index contributed by atoms with van der Waals surface area (Å²) in [4.78, 5) is 12.1. The van der Waals surface area contributed by atoms with Crippen molar-refractivity contribution in [3.05, 3.63) is 58.1 Å². The third-order valence-corrected chi connectivity index (χ3v) is 3.61. The van der Waals surface area contributed by atoms with Crippen LogP contribution in [0, 0.1) is 13.8 Å². The van der Waals surface area contributed by atoms with Gasteiger partial charge in [0.05, 0.1) is 19.2 Å². The van der Waals surface area contributed by atoms with Crippen molar-refractivity contribution >= 4 is 23.2 Å². The lowest BCUT2D eigenvalue weighted by molar-refractivity contribution is -0.115. The average Bonchev–Trinajstić information content (AvgIpc) is 2.43. The largest absolute Gasteiger partial charge is 0.495 e.